The molecule has 74 heavy (non-hydrogen) atoms. The van der Waals surface area contributed by atoms with E-state index >= 15 is 0 Å². The molecular weight excluding hydrogens is 899 g/mol. The molecule has 2 aromatic heterocycles. The molecule has 0 bridgehead atoms. The lowest BCUT2D eigenvalue weighted by Crippen LogP contribution is -2.00. The van der Waals surface area contributed by atoms with Crippen molar-refractivity contribution in [3.63, 3.8) is 0 Å². The van der Waals surface area contributed by atoms with Crippen molar-refractivity contribution in [3.05, 3.63) is 273 Å². The molecule has 0 radical (unpaired) electrons. The molecule has 5 nitrogen and oxygen atoms in total. The van der Waals surface area contributed by atoms with Crippen LogP contribution in [0.4, 0.5) is 0 Å². The van der Waals surface area contributed by atoms with Gasteiger partial charge in [-0.25, -0.2) is 24.9 Å². The predicted molar refractivity (Wildman–Crippen MR) is 305 cm³/mol. The summed E-state index contributed by atoms with van der Waals surface area (Å²) in [6, 6.07) is 95.8. The molecule has 0 aliphatic carbocycles. The van der Waals surface area contributed by atoms with Gasteiger partial charge >= 0.3 is 0 Å². The van der Waals surface area contributed by atoms with Crippen molar-refractivity contribution in [1.29, 1.82) is 0 Å². The third-order valence-electron chi connectivity index (χ3n) is 13.8. The topological polar surface area (TPSA) is 64.5 Å². The number of aromatic nitrogens is 5. The van der Waals surface area contributed by atoms with Crippen LogP contribution in [0.3, 0.4) is 0 Å². The number of rotatable bonds is 10. The van der Waals surface area contributed by atoms with E-state index in [1.165, 1.54) is 21.5 Å². The van der Waals surface area contributed by atoms with Gasteiger partial charge in [0, 0.05) is 33.4 Å². The van der Waals surface area contributed by atoms with Gasteiger partial charge in [0.25, 0.3) is 0 Å². The first-order valence-electron chi connectivity index (χ1n) is 24.9. The van der Waals surface area contributed by atoms with Crippen LogP contribution in [0.5, 0.6) is 0 Å². The molecule has 11 aromatic carbocycles. The summed E-state index contributed by atoms with van der Waals surface area (Å²) in [7, 11) is 0. The van der Waals surface area contributed by atoms with Crippen LogP contribution >= 0.6 is 0 Å². The zero-order chi connectivity index (χ0) is 49.2. The summed E-state index contributed by atoms with van der Waals surface area (Å²) >= 11 is 0. The zero-order valence-corrected chi connectivity index (χ0v) is 40.2. The lowest BCUT2D eigenvalue weighted by molar-refractivity contribution is 1.07. The summed E-state index contributed by atoms with van der Waals surface area (Å²) in [6.45, 7) is 0. The van der Waals surface area contributed by atoms with E-state index in [1.807, 2.05) is 72.8 Å². The second kappa shape index (κ2) is 19.3. The molecular formula is C69H45N5. The summed E-state index contributed by atoms with van der Waals surface area (Å²) in [5.41, 5.74) is 16.4. The Bertz CT molecular complexity index is 3740. The van der Waals surface area contributed by atoms with Gasteiger partial charge in [-0.1, -0.05) is 267 Å². The maximum Gasteiger partial charge on any atom is 0.164 e. The summed E-state index contributed by atoms with van der Waals surface area (Å²) in [6.07, 6.45) is 0. The van der Waals surface area contributed by atoms with E-state index < -0.39 is 0 Å². The second-order valence-corrected chi connectivity index (χ2v) is 18.4. The van der Waals surface area contributed by atoms with Crippen LogP contribution in [-0.4, -0.2) is 24.9 Å². The Morgan fingerprint density at radius 2 is 0.486 bits per heavy atom. The van der Waals surface area contributed by atoms with E-state index in [9.17, 15) is 0 Å². The molecule has 0 aliphatic rings. The molecule has 0 fully saturated rings. The SMILES string of the molecule is c1ccc(-c2cc(-c3ccccc3)nc(-c3ccc(-c4c(-c5cccc6ccccc56)ccc(-c5cccc6ccccc56)c4-c4ccc(-c5nc(-c6ccccc6)nc(-c6ccccc6)n5)cc4)cc3)n2)cc1. The van der Waals surface area contributed by atoms with Crippen molar-refractivity contribution in [2.24, 2.45) is 0 Å². The molecule has 5 heteroatoms. The van der Waals surface area contributed by atoms with E-state index in [1.54, 1.807) is 0 Å². The number of hydrogen-bond acceptors (Lipinski definition) is 5. The molecule has 0 unspecified atom stereocenters. The van der Waals surface area contributed by atoms with Crippen molar-refractivity contribution < 1.29 is 0 Å². The maximum absolute atomic E-state index is 5.20. The first-order valence-corrected chi connectivity index (χ1v) is 24.9. The molecule has 0 atom stereocenters. The Morgan fingerprint density at radius 1 is 0.189 bits per heavy atom. The zero-order valence-electron chi connectivity index (χ0n) is 40.2. The largest absolute Gasteiger partial charge is 0.228 e. The summed E-state index contributed by atoms with van der Waals surface area (Å²) in [4.78, 5) is 25.6. The molecule has 13 rings (SSSR count). The van der Waals surface area contributed by atoms with Gasteiger partial charge < -0.3 is 0 Å². The van der Waals surface area contributed by atoms with Crippen molar-refractivity contribution in [2.75, 3.05) is 0 Å². The van der Waals surface area contributed by atoms with Gasteiger partial charge in [-0.2, -0.15) is 0 Å². The van der Waals surface area contributed by atoms with E-state index in [-0.39, 0.29) is 0 Å². The average Bonchev–Trinajstić information content (AvgIpc) is 3.49. The van der Waals surface area contributed by atoms with Crippen molar-refractivity contribution in [2.45, 2.75) is 0 Å². The van der Waals surface area contributed by atoms with E-state index in [0.717, 1.165) is 89.3 Å². The Kier molecular flexibility index (Phi) is 11.5. The van der Waals surface area contributed by atoms with Crippen LogP contribution in [-0.2, 0) is 0 Å². The molecule has 0 amide bonds. The normalized spacial score (nSPS) is 11.2. The highest BCUT2D eigenvalue weighted by Crippen LogP contribution is 2.48. The van der Waals surface area contributed by atoms with Crippen LogP contribution in [0.15, 0.2) is 273 Å². The molecule has 0 spiro atoms. The molecule has 0 aliphatic heterocycles. The number of benzene rings is 11. The van der Waals surface area contributed by atoms with Gasteiger partial charge in [0.05, 0.1) is 11.4 Å². The van der Waals surface area contributed by atoms with E-state index in [0.29, 0.717) is 23.3 Å². The summed E-state index contributed by atoms with van der Waals surface area (Å²) < 4.78 is 0. The monoisotopic (exact) mass is 943 g/mol. The fourth-order valence-corrected chi connectivity index (χ4v) is 10.2. The van der Waals surface area contributed by atoms with E-state index in [2.05, 4.69) is 200 Å². The number of fused-ring (bicyclic) bond motifs is 2. The smallest absolute Gasteiger partial charge is 0.164 e. The number of hydrogen-bond donors (Lipinski definition) is 0. The standard InChI is InChI=1S/C69H45N5/c1-5-21-48(22-6-1)62-45-63(49-23-7-2-8-24-49)71-66(70-62)54-39-35-50(36-40-54)64-60(58-33-17-29-46-19-13-15-31-56(46)58)43-44-61(59-34-18-30-47-20-14-16-32-57(47)59)65(64)51-37-41-55(42-38-51)69-73-67(52-25-9-3-10-26-52)72-68(74-69)53-27-11-4-12-28-53/h1-45H. The first kappa shape index (κ1) is 44.0. The van der Waals surface area contributed by atoms with Crippen LogP contribution < -0.4 is 0 Å². The van der Waals surface area contributed by atoms with Crippen LogP contribution in [0, 0.1) is 0 Å². The highest BCUT2D eigenvalue weighted by atomic mass is 15.0. The number of nitrogens with zero attached hydrogens (tertiary/aromatic N) is 5. The van der Waals surface area contributed by atoms with E-state index in [4.69, 9.17) is 24.9 Å². The van der Waals surface area contributed by atoms with Crippen LogP contribution in [0.25, 0.3) is 134 Å². The van der Waals surface area contributed by atoms with Gasteiger partial charge in [-0.15, -0.1) is 0 Å². The van der Waals surface area contributed by atoms with Crippen molar-refractivity contribution >= 4 is 21.5 Å². The Morgan fingerprint density at radius 3 is 0.878 bits per heavy atom. The molecule has 0 N–H and O–H groups in total. The highest BCUT2D eigenvalue weighted by Gasteiger charge is 2.23. The minimum atomic E-state index is 0.604. The van der Waals surface area contributed by atoms with Gasteiger partial charge in [0.1, 0.15) is 0 Å². The molecule has 2 heterocycles. The van der Waals surface area contributed by atoms with Gasteiger partial charge in [0.2, 0.25) is 0 Å². The van der Waals surface area contributed by atoms with Crippen LogP contribution in [0.2, 0.25) is 0 Å². The summed E-state index contributed by atoms with van der Waals surface area (Å²) in [5.74, 6) is 2.51. The fourth-order valence-electron chi connectivity index (χ4n) is 10.2. The minimum Gasteiger partial charge on any atom is -0.228 e. The third-order valence-corrected chi connectivity index (χ3v) is 13.8. The Labute approximate surface area is 429 Å². The van der Waals surface area contributed by atoms with Crippen molar-refractivity contribution in [1.82, 2.24) is 24.9 Å². The first-order chi connectivity index (χ1) is 36.7. The van der Waals surface area contributed by atoms with Crippen molar-refractivity contribution in [3.8, 4) is 113 Å². The molecule has 0 saturated carbocycles. The molecule has 346 valence electrons. The van der Waals surface area contributed by atoms with Gasteiger partial charge in [-0.05, 0) is 72.1 Å². The average molecular weight is 944 g/mol. The lowest BCUT2D eigenvalue weighted by atomic mass is 9.81. The third kappa shape index (κ3) is 8.48. The minimum absolute atomic E-state index is 0.604. The lowest BCUT2D eigenvalue weighted by Gasteiger charge is -2.22. The van der Waals surface area contributed by atoms with Crippen LogP contribution in [0.1, 0.15) is 0 Å². The van der Waals surface area contributed by atoms with Gasteiger partial charge in [-0.3, -0.25) is 0 Å². The van der Waals surface area contributed by atoms with Gasteiger partial charge in [0.15, 0.2) is 23.3 Å². The summed E-state index contributed by atoms with van der Waals surface area (Å²) in [5, 5.41) is 4.73. The second-order valence-electron chi connectivity index (χ2n) is 18.4. The highest BCUT2D eigenvalue weighted by molar-refractivity contribution is 6.10. The molecule has 0 saturated heterocycles. The maximum atomic E-state index is 5.20. The Hall–Kier alpha value is -9.97. The fraction of sp³-hybridized carbons (Fsp3) is 0. The quantitative estimate of drug-likeness (QED) is 0.137. The molecule has 13 aromatic rings. The predicted octanol–water partition coefficient (Wildman–Crippen LogP) is 17.6. The Balaban J connectivity index is 1.03.